The molecule has 1 rings (SSSR count). The lowest BCUT2D eigenvalue weighted by Crippen LogP contribution is -2.60. The number of likely N-dealkylation sites (N-methyl/N-ethyl adjacent to an activating group) is 1. The average Bonchev–Trinajstić information content (AvgIpc) is 2.39. The first-order valence-corrected chi connectivity index (χ1v) is 7.18. The Labute approximate surface area is 112 Å². The van der Waals surface area contributed by atoms with Gasteiger partial charge in [-0.1, -0.05) is 6.92 Å². The Morgan fingerprint density at radius 3 is 2.56 bits per heavy atom. The summed E-state index contributed by atoms with van der Waals surface area (Å²) in [5, 5.41) is 3.64. The van der Waals surface area contributed by atoms with Gasteiger partial charge in [0.05, 0.1) is 13.2 Å². The normalized spacial score (nSPS) is 20.0. The zero-order chi connectivity index (χ0) is 13.4. The highest BCUT2D eigenvalue weighted by molar-refractivity contribution is 4.94. The molecular weight excluding hydrogens is 228 g/mol. The first kappa shape index (κ1) is 15.9. The van der Waals surface area contributed by atoms with Gasteiger partial charge in [-0.2, -0.15) is 0 Å². The van der Waals surface area contributed by atoms with Crippen LogP contribution in [0.15, 0.2) is 0 Å². The van der Waals surface area contributed by atoms with Crippen LogP contribution in [0.5, 0.6) is 0 Å². The summed E-state index contributed by atoms with van der Waals surface area (Å²) < 4.78 is 10.6. The second kappa shape index (κ2) is 8.10. The lowest BCUT2D eigenvalue weighted by molar-refractivity contribution is -0.0250. The van der Waals surface area contributed by atoms with Gasteiger partial charge in [0, 0.05) is 38.4 Å². The summed E-state index contributed by atoms with van der Waals surface area (Å²) in [7, 11) is 1.77. The first-order valence-electron chi connectivity index (χ1n) is 7.18. The molecule has 1 atom stereocenters. The molecule has 1 aliphatic heterocycles. The third-order valence-electron chi connectivity index (χ3n) is 3.97. The van der Waals surface area contributed by atoms with E-state index in [0.29, 0.717) is 6.04 Å². The SMILES string of the molecule is CCNC(CCCOC)C(C)(C)N1CCOCC1. The van der Waals surface area contributed by atoms with Crippen LogP contribution in [0, 0.1) is 0 Å². The Hall–Kier alpha value is -0.160. The topological polar surface area (TPSA) is 33.7 Å². The number of nitrogens with zero attached hydrogens (tertiary/aromatic N) is 1. The number of ether oxygens (including phenoxy) is 2. The molecule has 0 spiro atoms. The third kappa shape index (κ3) is 4.50. The minimum absolute atomic E-state index is 0.174. The summed E-state index contributed by atoms with van der Waals surface area (Å²) >= 11 is 0. The predicted molar refractivity (Wildman–Crippen MR) is 75.0 cm³/mol. The van der Waals surface area contributed by atoms with Gasteiger partial charge in [0.15, 0.2) is 0 Å². The Morgan fingerprint density at radius 2 is 2.00 bits per heavy atom. The van der Waals surface area contributed by atoms with Crippen molar-refractivity contribution >= 4 is 0 Å². The van der Waals surface area contributed by atoms with E-state index in [2.05, 4.69) is 31.0 Å². The average molecular weight is 258 g/mol. The molecule has 1 saturated heterocycles. The van der Waals surface area contributed by atoms with Crippen LogP contribution in [-0.2, 0) is 9.47 Å². The minimum atomic E-state index is 0.174. The van der Waals surface area contributed by atoms with E-state index in [1.807, 2.05) is 0 Å². The molecule has 1 N–H and O–H groups in total. The van der Waals surface area contributed by atoms with Crippen molar-refractivity contribution in [3.8, 4) is 0 Å². The molecule has 4 nitrogen and oxygen atoms in total. The Bertz CT molecular complexity index is 216. The number of morpholine rings is 1. The summed E-state index contributed by atoms with van der Waals surface area (Å²) in [6, 6.07) is 0.510. The Morgan fingerprint density at radius 1 is 1.33 bits per heavy atom. The summed E-state index contributed by atoms with van der Waals surface area (Å²) in [6.45, 7) is 12.5. The van der Waals surface area contributed by atoms with Gasteiger partial charge in [-0.05, 0) is 33.2 Å². The molecule has 0 aromatic rings. The maximum atomic E-state index is 5.45. The third-order valence-corrected chi connectivity index (χ3v) is 3.97. The van der Waals surface area contributed by atoms with Crippen molar-refractivity contribution in [3.05, 3.63) is 0 Å². The first-order chi connectivity index (χ1) is 8.62. The molecule has 1 aliphatic rings. The zero-order valence-electron chi connectivity index (χ0n) is 12.5. The number of hydrogen-bond donors (Lipinski definition) is 1. The van der Waals surface area contributed by atoms with E-state index in [1.54, 1.807) is 7.11 Å². The van der Waals surface area contributed by atoms with E-state index in [4.69, 9.17) is 9.47 Å². The molecular formula is C14H30N2O2. The standard InChI is InChI=1S/C14H30N2O2/c1-5-15-13(7-6-10-17-4)14(2,3)16-8-11-18-12-9-16/h13,15H,5-12H2,1-4H3. The Balaban J connectivity index is 2.55. The van der Waals surface area contributed by atoms with Crippen LogP contribution in [0.4, 0.5) is 0 Å². The fraction of sp³-hybridized carbons (Fsp3) is 1.00. The molecule has 0 aliphatic carbocycles. The highest BCUT2D eigenvalue weighted by Crippen LogP contribution is 2.23. The van der Waals surface area contributed by atoms with Crippen molar-refractivity contribution < 1.29 is 9.47 Å². The molecule has 0 saturated carbocycles. The monoisotopic (exact) mass is 258 g/mol. The fourth-order valence-electron chi connectivity index (χ4n) is 2.74. The molecule has 0 amide bonds. The fourth-order valence-corrected chi connectivity index (χ4v) is 2.74. The van der Waals surface area contributed by atoms with E-state index in [0.717, 1.165) is 52.3 Å². The summed E-state index contributed by atoms with van der Waals surface area (Å²) in [5.74, 6) is 0. The van der Waals surface area contributed by atoms with Crippen LogP contribution in [0.25, 0.3) is 0 Å². The van der Waals surface area contributed by atoms with Gasteiger partial charge >= 0.3 is 0 Å². The zero-order valence-corrected chi connectivity index (χ0v) is 12.5. The highest BCUT2D eigenvalue weighted by Gasteiger charge is 2.35. The van der Waals surface area contributed by atoms with E-state index in [9.17, 15) is 0 Å². The van der Waals surface area contributed by atoms with E-state index >= 15 is 0 Å². The van der Waals surface area contributed by atoms with Gasteiger partial charge in [0.25, 0.3) is 0 Å². The molecule has 18 heavy (non-hydrogen) atoms. The highest BCUT2D eigenvalue weighted by atomic mass is 16.5. The quantitative estimate of drug-likeness (QED) is 0.669. The van der Waals surface area contributed by atoms with Crippen LogP contribution in [0.1, 0.15) is 33.6 Å². The molecule has 0 aromatic heterocycles. The molecule has 1 heterocycles. The van der Waals surface area contributed by atoms with Gasteiger partial charge in [-0.25, -0.2) is 0 Å². The lowest BCUT2D eigenvalue weighted by atomic mass is 9.88. The number of hydrogen-bond acceptors (Lipinski definition) is 4. The van der Waals surface area contributed by atoms with Crippen molar-refractivity contribution in [2.75, 3.05) is 46.6 Å². The van der Waals surface area contributed by atoms with Crippen LogP contribution >= 0.6 is 0 Å². The van der Waals surface area contributed by atoms with Gasteiger partial charge < -0.3 is 14.8 Å². The van der Waals surface area contributed by atoms with Crippen molar-refractivity contribution in [2.24, 2.45) is 0 Å². The molecule has 108 valence electrons. The smallest absolute Gasteiger partial charge is 0.0594 e. The van der Waals surface area contributed by atoms with Crippen LogP contribution in [0.3, 0.4) is 0 Å². The molecule has 0 radical (unpaired) electrons. The van der Waals surface area contributed by atoms with E-state index in [-0.39, 0.29) is 5.54 Å². The van der Waals surface area contributed by atoms with Crippen molar-refractivity contribution in [1.82, 2.24) is 10.2 Å². The van der Waals surface area contributed by atoms with Crippen molar-refractivity contribution in [2.45, 2.75) is 45.2 Å². The van der Waals surface area contributed by atoms with Crippen LogP contribution in [0.2, 0.25) is 0 Å². The molecule has 0 bridgehead atoms. The minimum Gasteiger partial charge on any atom is -0.385 e. The largest absolute Gasteiger partial charge is 0.385 e. The second-order valence-electron chi connectivity index (χ2n) is 5.50. The maximum Gasteiger partial charge on any atom is 0.0594 e. The van der Waals surface area contributed by atoms with E-state index < -0.39 is 0 Å². The van der Waals surface area contributed by atoms with Crippen molar-refractivity contribution in [1.29, 1.82) is 0 Å². The van der Waals surface area contributed by atoms with Crippen LogP contribution < -0.4 is 5.32 Å². The van der Waals surface area contributed by atoms with Gasteiger partial charge in [-0.15, -0.1) is 0 Å². The summed E-state index contributed by atoms with van der Waals surface area (Å²) in [5.41, 5.74) is 0.174. The Kier molecular flexibility index (Phi) is 7.15. The van der Waals surface area contributed by atoms with Gasteiger partial charge in [0.2, 0.25) is 0 Å². The van der Waals surface area contributed by atoms with Gasteiger partial charge in [0.1, 0.15) is 0 Å². The van der Waals surface area contributed by atoms with Crippen LogP contribution in [-0.4, -0.2) is 63.0 Å². The second-order valence-corrected chi connectivity index (χ2v) is 5.50. The summed E-state index contributed by atoms with van der Waals surface area (Å²) in [6.07, 6.45) is 2.27. The van der Waals surface area contributed by atoms with Crippen molar-refractivity contribution in [3.63, 3.8) is 0 Å². The number of methoxy groups -OCH3 is 1. The lowest BCUT2D eigenvalue weighted by Gasteiger charge is -2.46. The number of rotatable bonds is 8. The summed E-state index contributed by atoms with van der Waals surface area (Å²) in [4.78, 5) is 2.55. The van der Waals surface area contributed by atoms with E-state index in [1.165, 1.54) is 0 Å². The maximum absolute atomic E-state index is 5.45. The number of nitrogens with one attached hydrogen (secondary N) is 1. The van der Waals surface area contributed by atoms with Gasteiger partial charge in [-0.3, -0.25) is 4.90 Å². The molecule has 1 unspecified atom stereocenters. The molecule has 0 aromatic carbocycles. The molecule has 1 fully saturated rings. The predicted octanol–water partition coefficient (Wildman–Crippen LogP) is 1.50. The molecule has 4 heteroatoms.